The number of non-ortho nitro benzene ring substituents is 1. The number of nitrogens with one attached hydrogen (secondary N) is 1. The van der Waals surface area contributed by atoms with Crippen molar-refractivity contribution >= 4 is 29.1 Å². The molecule has 7 heteroatoms. The van der Waals surface area contributed by atoms with Crippen LogP contribution in [0.5, 0.6) is 0 Å². The van der Waals surface area contributed by atoms with Crippen molar-refractivity contribution < 1.29 is 9.72 Å². The third-order valence-corrected chi connectivity index (χ3v) is 3.92. The zero-order chi connectivity index (χ0) is 16.4. The Hall–Kier alpha value is -1.89. The second-order valence-corrected chi connectivity index (χ2v) is 5.89. The molecule has 0 atom stereocenters. The molecule has 0 bridgehead atoms. The lowest BCUT2D eigenvalue weighted by molar-refractivity contribution is -0.384. The lowest BCUT2D eigenvalue weighted by atomic mass is 10.2. The van der Waals surface area contributed by atoms with Gasteiger partial charge < -0.3 is 0 Å². The highest BCUT2D eigenvalue weighted by molar-refractivity contribution is 7.99. The summed E-state index contributed by atoms with van der Waals surface area (Å²) < 4.78 is 0. The Bertz CT molecular complexity index is 529. The molecule has 1 aromatic rings. The summed E-state index contributed by atoms with van der Waals surface area (Å²) >= 11 is 1.45. The van der Waals surface area contributed by atoms with Crippen molar-refractivity contribution in [1.29, 1.82) is 0 Å². The number of benzene rings is 1. The van der Waals surface area contributed by atoms with Crippen LogP contribution in [-0.2, 0) is 10.5 Å². The fourth-order valence-electron chi connectivity index (χ4n) is 1.65. The molecule has 0 unspecified atom stereocenters. The summed E-state index contributed by atoms with van der Waals surface area (Å²) in [6.07, 6.45) is 3.07. The molecule has 6 nitrogen and oxygen atoms in total. The minimum absolute atomic E-state index is 0.0726. The molecule has 0 spiro atoms. The van der Waals surface area contributed by atoms with Gasteiger partial charge in [0.15, 0.2) is 0 Å². The van der Waals surface area contributed by atoms with Crippen molar-refractivity contribution in [2.75, 3.05) is 5.75 Å². The second-order valence-electron chi connectivity index (χ2n) is 4.90. The Balaban J connectivity index is 2.28. The van der Waals surface area contributed by atoms with Crippen LogP contribution in [0.4, 0.5) is 5.69 Å². The van der Waals surface area contributed by atoms with Crippen molar-refractivity contribution in [2.45, 2.75) is 38.9 Å². The third-order valence-electron chi connectivity index (χ3n) is 2.91. The highest BCUT2D eigenvalue weighted by Gasteiger charge is 2.05. The fraction of sp³-hybridized carbons (Fsp3) is 0.467. The summed E-state index contributed by atoms with van der Waals surface area (Å²) in [5, 5.41) is 14.6. The summed E-state index contributed by atoms with van der Waals surface area (Å²) in [5.74, 6) is 0.800. The number of hydrogen-bond acceptors (Lipinski definition) is 5. The van der Waals surface area contributed by atoms with E-state index in [2.05, 4.69) is 17.5 Å². The van der Waals surface area contributed by atoms with Gasteiger partial charge in [0.25, 0.3) is 5.69 Å². The van der Waals surface area contributed by atoms with Gasteiger partial charge in [0.2, 0.25) is 5.91 Å². The van der Waals surface area contributed by atoms with Gasteiger partial charge in [-0.2, -0.15) is 5.10 Å². The van der Waals surface area contributed by atoms with E-state index in [1.165, 1.54) is 23.9 Å². The first-order valence-electron chi connectivity index (χ1n) is 7.16. The molecular formula is C15H21N3O3S. The lowest BCUT2D eigenvalue weighted by Gasteiger charge is -2.03. The molecule has 22 heavy (non-hydrogen) atoms. The number of rotatable bonds is 9. The summed E-state index contributed by atoms with van der Waals surface area (Å²) in [7, 11) is 0. The molecule has 0 aliphatic heterocycles. The van der Waals surface area contributed by atoms with E-state index < -0.39 is 4.92 Å². The number of nitro benzene ring substituents is 1. The monoisotopic (exact) mass is 323 g/mol. The number of hydrogen-bond donors (Lipinski definition) is 1. The number of carbonyl (C=O) groups is 1. The van der Waals surface area contributed by atoms with Crippen LogP contribution in [0.1, 0.15) is 38.7 Å². The standard InChI is InChI=1S/C15H21N3O3S/c1-3-4-5-12(2)16-17-15(19)11-22-10-13-6-8-14(9-7-13)18(20)21/h6-9H,3-5,10-11H2,1-2H3,(H,17,19)/b16-12-. The quantitative estimate of drug-likeness (QED) is 0.428. The number of carbonyl (C=O) groups excluding carboxylic acids is 1. The Morgan fingerprint density at radius 3 is 2.64 bits per heavy atom. The van der Waals surface area contributed by atoms with Crippen LogP contribution in [-0.4, -0.2) is 22.3 Å². The maximum atomic E-state index is 11.6. The maximum Gasteiger partial charge on any atom is 0.269 e. The molecule has 1 rings (SSSR count). The van der Waals surface area contributed by atoms with E-state index in [0.29, 0.717) is 11.5 Å². The minimum Gasteiger partial charge on any atom is -0.272 e. The van der Waals surface area contributed by atoms with Crippen LogP contribution in [0.3, 0.4) is 0 Å². The Kier molecular flexibility index (Phi) is 8.21. The third kappa shape index (κ3) is 7.21. The summed E-state index contributed by atoms with van der Waals surface area (Å²) in [6.45, 7) is 4.01. The molecule has 0 aromatic heterocycles. The highest BCUT2D eigenvalue weighted by Crippen LogP contribution is 2.16. The summed E-state index contributed by atoms with van der Waals surface area (Å²) in [5.41, 5.74) is 4.49. The summed E-state index contributed by atoms with van der Waals surface area (Å²) in [4.78, 5) is 21.7. The Morgan fingerprint density at radius 1 is 1.36 bits per heavy atom. The number of unbranched alkanes of at least 4 members (excludes halogenated alkanes) is 1. The van der Waals surface area contributed by atoms with Crippen molar-refractivity contribution in [3.8, 4) is 0 Å². The molecule has 0 saturated heterocycles. The number of nitro groups is 1. The molecule has 1 amide bonds. The number of thioether (sulfide) groups is 1. The average molecular weight is 323 g/mol. The van der Waals surface area contributed by atoms with E-state index in [4.69, 9.17) is 0 Å². The Labute approximate surface area is 134 Å². The first-order chi connectivity index (χ1) is 10.5. The van der Waals surface area contributed by atoms with Crippen molar-refractivity contribution in [1.82, 2.24) is 5.43 Å². The van der Waals surface area contributed by atoms with Gasteiger partial charge in [0.05, 0.1) is 10.7 Å². The average Bonchev–Trinajstić information content (AvgIpc) is 2.51. The molecule has 120 valence electrons. The van der Waals surface area contributed by atoms with Crippen LogP contribution in [0.15, 0.2) is 29.4 Å². The van der Waals surface area contributed by atoms with Crippen LogP contribution >= 0.6 is 11.8 Å². The van der Waals surface area contributed by atoms with E-state index in [-0.39, 0.29) is 11.6 Å². The number of amides is 1. The van der Waals surface area contributed by atoms with Crippen LogP contribution < -0.4 is 5.43 Å². The predicted molar refractivity (Wildman–Crippen MR) is 90.0 cm³/mol. The van der Waals surface area contributed by atoms with Crippen LogP contribution in [0.25, 0.3) is 0 Å². The minimum atomic E-state index is -0.427. The zero-order valence-electron chi connectivity index (χ0n) is 12.9. The molecule has 1 aromatic carbocycles. The van der Waals surface area contributed by atoms with Gasteiger partial charge in [-0.25, -0.2) is 5.43 Å². The lowest BCUT2D eigenvalue weighted by Crippen LogP contribution is -2.21. The SMILES string of the molecule is CCCC/C(C)=N\NC(=O)CSCc1ccc([N+](=O)[O-])cc1. The first-order valence-corrected chi connectivity index (χ1v) is 8.31. The van der Waals surface area contributed by atoms with Crippen molar-refractivity contribution in [2.24, 2.45) is 5.10 Å². The normalized spacial score (nSPS) is 11.3. The fourth-order valence-corrected chi connectivity index (χ4v) is 2.43. The van der Waals surface area contributed by atoms with E-state index in [1.807, 2.05) is 6.92 Å². The largest absolute Gasteiger partial charge is 0.272 e. The van der Waals surface area contributed by atoms with Gasteiger partial charge in [-0.3, -0.25) is 14.9 Å². The Morgan fingerprint density at radius 2 is 2.05 bits per heavy atom. The van der Waals surface area contributed by atoms with Gasteiger partial charge in [0.1, 0.15) is 0 Å². The topological polar surface area (TPSA) is 84.6 Å². The van der Waals surface area contributed by atoms with Crippen molar-refractivity contribution in [3.63, 3.8) is 0 Å². The van der Waals surface area contributed by atoms with E-state index in [9.17, 15) is 14.9 Å². The van der Waals surface area contributed by atoms with E-state index >= 15 is 0 Å². The number of hydrazone groups is 1. The molecule has 0 aliphatic carbocycles. The zero-order valence-corrected chi connectivity index (χ0v) is 13.7. The molecule has 0 heterocycles. The first kappa shape index (κ1) is 18.2. The van der Waals surface area contributed by atoms with Crippen LogP contribution in [0, 0.1) is 10.1 Å². The smallest absolute Gasteiger partial charge is 0.269 e. The van der Waals surface area contributed by atoms with E-state index in [1.54, 1.807) is 12.1 Å². The summed E-state index contributed by atoms with van der Waals surface area (Å²) in [6, 6.07) is 6.35. The second kappa shape index (κ2) is 9.94. The maximum absolute atomic E-state index is 11.6. The molecule has 0 aliphatic rings. The van der Waals surface area contributed by atoms with Gasteiger partial charge in [-0.15, -0.1) is 11.8 Å². The number of nitrogens with zero attached hydrogens (tertiary/aromatic N) is 2. The molecular weight excluding hydrogens is 302 g/mol. The molecule has 0 radical (unpaired) electrons. The van der Waals surface area contributed by atoms with Gasteiger partial charge in [-0.1, -0.05) is 25.5 Å². The molecule has 1 N–H and O–H groups in total. The highest BCUT2D eigenvalue weighted by atomic mass is 32.2. The van der Waals surface area contributed by atoms with Crippen molar-refractivity contribution in [3.05, 3.63) is 39.9 Å². The molecule has 0 saturated carbocycles. The predicted octanol–water partition coefficient (Wildman–Crippen LogP) is 3.51. The molecule has 0 fully saturated rings. The van der Waals surface area contributed by atoms with Gasteiger partial charge in [0, 0.05) is 23.6 Å². The van der Waals surface area contributed by atoms with Gasteiger partial charge in [-0.05, 0) is 25.3 Å². The van der Waals surface area contributed by atoms with E-state index in [0.717, 1.165) is 30.5 Å². The van der Waals surface area contributed by atoms with Crippen LogP contribution in [0.2, 0.25) is 0 Å². The van der Waals surface area contributed by atoms with Gasteiger partial charge >= 0.3 is 0 Å².